The van der Waals surface area contributed by atoms with E-state index in [9.17, 15) is 13.2 Å². The SMILES string of the molecule is Cc1cc(C)cc(O[C@@H](C)C(=O)NCCOc2ccc(S(=O)(=O)N3CCCCC3)cc2)c1. The van der Waals surface area contributed by atoms with Crippen LogP contribution in [-0.4, -0.2) is 51.0 Å². The van der Waals surface area contributed by atoms with E-state index in [-0.39, 0.29) is 17.4 Å². The molecule has 174 valence electrons. The van der Waals surface area contributed by atoms with Gasteiger partial charge in [0.25, 0.3) is 5.91 Å². The van der Waals surface area contributed by atoms with Crippen LogP contribution in [0.2, 0.25) is 0 Å². The third-order valence-electron chi connectivity index (χ3n) is 5.32. The maximum atomic E-state index is 12.7. The van der Waals surface area contributed by atoms with Gasteiger partial charge in [-0.15, -0.1) is 0 Å². The van der Waals surface area contributed by atoms with E-state index in [1.54, 1.807) is 35.5 Å². The Morgan fingerprint density at radius 1 is 1.00 bits per heavy atom. The molecule has 0 aliphatic carbocycles. The lowest BCUT2D eigenvalue weighted by Crippen LogP contribution is -2.38. The van der Waals surface area contributed by atoms with Crippen molar-refractivity contribution < 1.29 is 22.7 Å². The normalized spacial score (nSPS) is 15.7. The highest BCUT2D eigenvalue weighted by Crippen LogP contribution is 2.22. The van der Waals surface area contributed by atoms with Crippen LogP contribution >= 0.6 is 0 Å². The monoisotopic (exact) mass is 460 g/mol. The molecule has 1 aliphatic heterocycles. The van der Waals surface area contributed by atoms with E-state index in [2.05, 4.69) is 5.32 Å². The fraction of sp³-hybridized carbons (Fsp3) is 0.458. The molecular formula is C24H32N2O5S. The molecule has 0 unspecified atom stereocenters. The van der Waals surface area contributed by atoms with E-state index < -0.39 is 16.1 Å². The van der Waals surface area contributed by atoms with Crippen molar-refractivity contribution in [1.29, 1.82) is 0 Å². The number of amides is 1. The van der Waals surface area contributed by atoms with Crippen molar-refractivity contribution in [3.63, 3.8) is 0 Å². The minimum atomic E-state index is -3.45. The number of nitrogens with one attached hydrogen (secondary N) is 1. The first-order valence-corrected chi connectivity index (χ1v) is 12.5. The van der Waals surface area contributed by atoms with Crippen molar-refractivity contribution in [2.45, 2.75) is 51.0 Å². The van der Waals surface area contributed by atoms with Gasteiger partial charge in [0.2, 0.25) is 10.0 Å². The zero-order chi connectivity index (χ0) is 23.1. The molecule has 1 saturated heterocycles. The number of carbonyl (C=O) groups excluding carboxylic acids is 1. The third-order valence-corrected chi connectivity index (χ3v) is 7.24. The van der Waals surface area contributed by atoms with Crippen molar-refractivity contribution >= 4 is 15.9 Å². The summed E-state index contributed by atoms with van der Waals surface area (Å²) < 4.78 is 38.3. The Bertz CT molecular complexity index is 995. The minimum Gasteiger partial charge on any atom is -0.492 e. The zero-order valence-electron chi connectivity index (χ0n) is 19.0. The van der Waals surface area contributed by atoms with E-state index >= 15 is 0 Å². The largest absolute Gasteiger partial charge is 0.492 e. The summed E-state index contributed by atoms with van der Waals surface area (Å²) in [6.45, 7) is 7.40. The standard InChI is InChI=1S/C24H32N2O5S/c1-18-15-19(2)17-22(16-18)31-20(3)24(27)25-11-14-30-21-7-9-23(10-8-21)32(28,29)26-12-5-4-6-13-26/h7-10,15-17,20H,4-6,11-14H2,1-3H3,(H,25,27)/t20-/m0/s1. The summed E-state index contributed by atoms with van der Waals surface area (Å²) in [6, 6.07) is 12.3. The van der Waals surface area contributed by atoms with Crippen LogP contribution in [0.5, 0.6) is 11.5 Å². The van der Waals surface area contributed by atoms with Crippen LogP contribution in [0.25, 0.3) is 0 Å². The van der Waals surface area contributed by atoms with Gasteiger partial charge in [-0.3, -0.25) is 4.79 Å². The van der Waals surface area contributed by atoms with Gasteiger partial charge in [0, 0.05) is 13.1 Å². The van der Waals surface area contributed by atoms with Crippen LogP contribution in [0.3, 0.4) is 0 Å². The molecule has 1 atom stereocenters. The molecule has 1 heterocycles. The minimum absolute atomic E-state index is 0.226. The number of piperidine rings is 1. The van der Waals surface area contributed by atoms with Gasteiger partial charge >= 0.3 is 0 Å². The molecule has 0 aromatic heterocycles. The average molecular weight is 461 g/mol. The highest BCUT2D eigenvalue weighted by molar-refractivity contribution is 7.89. The smallest absolute Gasteiger partial charge is 0.260 e. The lowest BCUT2D eigenvalue weighted by atomic mass is 10.1. The summed E-state index contributed by atoms with van der Waals surface area (Å²) in [4.78, 5) is 12.5. The first kappa shape index (κ1) is 24.1. The molecule has 1 amide bonds. The van der Waals surface area contributed by atoms with Gasteiger partial charge in [0.15, 0.2) is 6.10 Å². The summed E-state index contributed by atoms with van der Waals surface area (Å²) in [6.07, 6.45) is 2.25. The highest BCUT2D eigenvalue weighted by Gasteiger charge is 2.25. The maximum Gasteiger partial charge on any atom is 0.260 e. The van der Waals surface area contributed by atoms with E-state index in [0.717, 1.165) is 30.4 Å². The second-order valence-corrected chi connectivity index (χ2v) is 10.1. The van der Waals surface area contributed by atoms with Crippen molar-refractivity contribution in [1.82, 2.24) is 9.62 Å². The number of ether oxygens (including phenoxy) is 2. The first-order valence-electron chi connectivity index (χ1n) is 11.0. The summed E-state index contributed by atoms with van der Waals surface area (Å²) in [5.74, 6) is 0.994. The molecule has 2 aromatic rings. The zero-order valence-corrected chi connectivity index (χ0v) is 19.8. The Kier molecular flexibility index (Phi) is 8.15. The molecular weight excluding hydrogens is 428 g/mol. The van der Waals surface area contributed by atoms with Crippen LogP contribution in [0.15, 0.2) is 47.4 Å². The number of hydrogen-bond acceptors (Lipinski definition) is 5. The Morgan fingerprint density at radius 3 is 2.25 bits per heavy atom. The molecule has 2 aromatic carbocycles. The van der Waals surface area contributed by atoms with Crippen molar-refractivity contribution in [2.75, 3.05) is 26.2 Å². The molecule has 0 saturated carbocycles. The highest BCUT2D eigenvalue weighted by atomic mass is 32.2. The molecule has 7 nitrogen and oxygen atoms in total. The number of aryl methyl sites for hydroxylation is 2. The molecule has 3 rings (SSSR count). The van der Waals surface area contributed by atoms with E-state index in [1.165, 1.54) is 0 Å². The number of nitrogens with zero attached hydrogens (tertiary/aromatic N) is 1. The Labute approximate surface area is 190 Å². The summed E-state index contributed by atoms with van der Waals surface area (Å²) in [5.41, 5.74) is 2.16. The fourth-order valence-electron chi connectivity index (χ4n) is 3.71. The Hall–Kier alpha value is -2.58. The van der Waals surface area contributed by atoms with Crippen molar-refractivity contribution in [3.8, 4) is 11.5 Å². The van der Waals surface area contributed by atoms with Crippen molar-refractivity contribution in [2.24, 2.45) is 0 Å². The van der Waals surface area contributed by atoms with Crippen LogP contribution in [-0.2, 0) is 14.8 Å². The molecule has 0 spiro atoms. The number of hydrogen-bond donors (Lipinski definition) is 1. The van der Waals surface area contributed by atoms with Gasteiger partial charge in [0.1, 0.15) is 18.1 Å². The molecule has 0 radical (unpaired) electrons. The second kappa shape index (κ2) is 10.8. The maximum absolute atomic E-state index is 12.7. The molecule has 0 bridgehead atoms. The molecule has 8 heteroatoms. The van der Waals surface area contributed by atoms with Gasteiger partial charge in [-0.2, -0.15) is 4.31 Å². The second-order valence-electron chi connectivity index (χ2n) is 8.16. The van der Waals surface area contributed by atoms with Gasteiger partial charge in [-0.25, -0.2) is 8.42 Å². The lowest BCUT2D eigenvalue weighted by molar-refractivity contribution is -0.127. The van der Waals surface area contributed by atoms with Crippen LogP contribution in [0.1, 0.15) is 37.3 Å². The van der Waals surface area contributed by atoms with E-state index in [1.807, 2.05) is 32.0 Å². The van der Waals surface area contributed by atoms with Crippen LogP contribution < -0.4 is 14.8 Å². The van der Waals surface area contributed by atoms with Gasteiger partial charge < -0.3 is 14.8 Å². The molecule has 32 heavy (non-hydrogen) atoms. The molecule has 1 N–H and O–H groups in total. The summed E-state index contributed by atoms with van der Waals surface area (Å²) in [5, 5.41) is 2.79. The predicted octanol–water partition coefficient (Wildman–Crippen LogP) is 3.44. The van der Waals surface area contributed by atoms with Crippen molar-refractivity contribution in [3.05, 3.63) is 53.6 Å². The van der Waals surface area contributed by atoms with Gasteiger partial charge in [-0.1, -0.05) is 12.5 Å². The van der Waals surface area contributed by atoms with Gasteiger partial charge in [0.05, 0.1) is 11.4 Å². The number of carbonyl (C=O) groups is 1. The quantitative estimate of drug-likeness (QED) is 0.580. The van der Waals surface area contributed by atoms with Gasteiger partial charge in [-0.05, 0) is 81.1 Å². The topological polar surface area (TPSA) is 84.9 Å². The van der Waals surface area contributed by atoms with E-state index in [0.29, 0.717) is 31.1 Å². The third kappa shape index (κ3) is 6.46. The number of rotatable bonds is 9. The number of benzene rings is 2. The Morgan fingerprint density at radius 2 is 1.62 bits per heavy atom. The average Bonchev–Trinajstić information content (AvgIpc) is 2.76. The molecule has 1 fully saturated rings. The van der Waals surface area contributed by atoms with Crippen LogP contribution in [0.4, 0.5) is 0 Å². The fourth-order valence-corrected chi connectivity index (χ4v) is 5.22. The Balaban J connectivity index is 1.43. The lowest BCUT2D eigenvalue weighted by Gasteiger charge is -2.25. The van der Waals surface area contributed by atoms with E-state index in [4.69, 9.17) is 9.47 Å². The summed E-state index contributed by atoms with van der Waals surface area (Å²) in [7, 11) is -3.45. The molecule has 1 aliphatic rings. The summed E-state index contributed by atoms with van der Waals surface area (Å²) >= 11 is 0. The number of sulfonamides is 1. The predicted molar refractivity (Wildman–Crippen MR) is 124 cm³/mol. The van der Waals surface area contributed by atoms with Crippen LogP contribution in [0, 0.1) is 13.8 Å². The first-order chi connectivity index (χ1) is 15.3.